The van der Waals surface area contributed by atoms with Gasteiger partial charge in [-0.3, -0.25) is 0 Å². The first kappa shape index (κ1) is 22.6. The van der Waals surface area contributed by atoms with Crippen LogP contribution in [0.15, 0.2) is 36.4 Å². The van der Waals surface area contributed by atoms with Gasteiger partial charge in [-0.2, -0.15) is 0 Å². The van der Waals surface area contributed by atoms with Crippen LogP contribution in [-0.4, -0.2) is 32.3 Å². The summed E-state index contributed by atoms with van der Waals surface area (Å²) in [5, 5.41) is 5.63. The van der Waals surface area contributed by atoms with Crippen molar-refractivity contribution in [3.63, 3.8) is 0 Å². The van der Waals surface area contributed by atoms with Gasteiger partial charge in [0, 0.05) is 11.1 Å². The van der Waals surface area contributed by atoms with Gasteiger partial charge in [0.25, 0.3) is 0 Å². The van der Waals surface area contributed by atoms with Crippen molar-refractivity contribution >= 4 is 23.4 Å². The summed E-state index contributed by atoms with van der Waals surface area (Å²) in [5.74, 6) is 0.183. The van der Waals surface area contributed by atoms with Crippen molar-refractivity contribution in [1.82, 2.24) is 0 Å². The summed E-state index contributed by atoms with van der Waals surface area (Å²) >= 11 is 0. The van der Waals surface area contributed by atoms with E-state index in [1.54, 1.807) is 38.3 Å². The number of urea groups is 1. The molecule has 0 fully saturated rings. The summed E-state index contributed by atoms with van der Waals surface area (Å²) in [6, 6.07) is 9.98. The van der Waals surface area contributed by atoms with Gasteiger partial charge in [-0.25, -0.2) is 9.59 Å². The molecule has 2 aromatic rings. The Labute approximate surface area is 183 Å². The highest BCUT2D eigenvalue weighted by Gasteiger charge is 2.39. The molecule has 3 rings (SSSR count). The van der Waals surface area contributed by atoms with Gasteiger partial charge in [0.05, 0.1) is 37.2 Å². The Morgan fingerprint density at radius 2 is 1.71 bits per heavy atom. The van der Waals surface area contributed by atoms with E-state index in [-0.39, 0.29) is 5.41 Å². The third kappa shape index (κ3) is 4.82. The Balaban J connectivity index is 1.81. The molecule has 1 heterocycles. The number of methoxy groups -OCH3 is 1. The number of hydrogen-bond acceptors (Lipinski definition) is 5. The lowest BCUT2D eigenvalue weighted by Crippen LogP contribution is -2.40. The van der Waals surface area contributed by atoms with E-state index in [1.165, 1.54) is 0 Å². The fourth-order valence-electron chi connectivity index (χ4n) is 3.61. The Morgan fingerprint density at radius 3 is 2.32 bits per heavy atom. The number of hydrogen-bond donors (Lipinski definition) is 2. The smallest absolute Gasteiger partial charge is 0.338 e. The minimum absolute atomic E-state index is 0.167. The molecule has 1 aliphatic heterocycles. The van der Waals surface area contributed by atoms with E-state index < -0.39 is 17.6 Å². The standard InChI is InChI=1S/C24H30N2O5/c1-7-30-21(27)15-8-10-16(11-9-15)25-22(28)26-19-12-18-17(13-20(19)29-6)23(2,3)14-31-24(18,4)5/h8-13H,7,14H2,1-6H3,(H2,25,26,28). The van der Waals surface area contributed by atoms with Crippen LogP contribution in [0.5, 0.6) is 5.75 Å². The molecule has 0 aromatic heterocycles. The van der Waals surface area contributed by atoms with E-state index in [4.69, 9.17) is 14.2 Å². The third-order valence-electron chi connectivity index (χ3n) is 5.41. The van der Waals surface area contributed by atoms with Crippen molar-refractivity contribution in [2.45, 2.75) is 45.6 Å². The van der Waals surface area contributed by atoms with Gasteiger partial charge in [-0.05, 0) is 68.3 Å². The second-order valence-electron chi connectivity index (χ2n) is 8.66. The minimum Gasteiger partial charge on any atom is -0.495 e. The number of rotatable bonds is 5. The first-order valence-electron chi connectivity index (χ1n) is 10.3. The molecule has 2 amide bonds. The summed E-state index contributed by atoms with van der Waals surface area (Å²) in [4.78, 5) is 24.4. The SMILES string of the molecule is CCOC(=O)c1ccc(NC(=O)Nc2cc3c(cc2OC)C(C)(C)COC3(C)C)cc1. The topological polar surface area (TPSA) is 85.9 Å². The first-order chi connectivity index (χ1) is 14.6. The normalized spacial score (nSPS) is 16.1. The fraction of sp³-hybridized carbons (Fsp3) is 0.417. The Bertz CT molecular complexity index is 980. The van der Waals surface area contributed by atoms with E-state index in [1.807, 2.05) is 26.0 Å². The average molecular weight is 427 g/mol. The highest BCUT2D eigenvalue weighted by atomic mass is 16.5. The van der Waals surface area contributed by atoms with Crippen LogP contribution in [0.2, 0.25) is 0 Å². The van der Waals surface area contributed by atoms with Crippen LogP contribution >= 0.6 is 0 Å². The first-order valence-corrected chi connectivity index (χ1v) is 10.3. The van der Waals surface area contributed by atoms with Crippen LogP contribution in [0.4, 0.5) is 16.2 Å². The zero-order valence-electron chi connectivity index (χ0n) is 18.9. The Morgan fingerprint density at radius 1 is 1.03 bits per heavy atom. The van der Waals surface area contributed by atoms with Crippen molar-refractivity contribution in [3.8, 4) is 5.75 Å². The largest absolute Gasteiger partial charge is 0.495 e. The quantitative estimate of drug-likeness (QED) is 0.653. The summed E-state index contributed by atoms with van der Waals surface area (Å²) in [6.07, 6.45) is 0. The molecule has 31 heavy (non-hydrogen) atoms. The van der Waals surface area contributed by atoms with Gasteiger partial charge in [0.1, 0.15) is 5.75 Å². The van der Waals surface area contributed by atoms with Gasteiger partial charge in [-0.1, -0.05) is 13.8 Å². The molecular formula is C24H30N2O5. The van der Waals surface area contributed by atoms with Crippen LogP contribution in [-0.2, 0) is 20.5 Å². The monoisotopic (exact) mass is 426 g/mol. The fourth-order valence-corrected chi connectivity index (χ4v) is 3.61. The Kier molecular flexibility index (Phi) is 6.27. The molecule has 2 aromatic carbocycles. The molecule has 0 aliphatic carbocycles. The zero-order chi connectivity index (χ0) is 22.8. The van der Waals surface area contributed by atoms with E-state index in [9.17, 15) is 9.59 Å². The summed E-state index contributed by atoms with van der Waals surface area (Å²) < 4.78 is 16.6. The molecule has 7 nitrogen and oxygen atoms in total. The average Bonchev–Trinajstić information content (AvgIpc) is 2.72. The molecule has 1 aliphatic rings. The van der Waals surface area contributed by atoms with E-state index in [0.717, 1.165) is 11.1 Å². The second-order valence-corrected chi connectivity index (χ2v) is 8.66. The summed E-state index contributed by atoms with van der Waals surface area (Å²) in [5.41, 5.74) is 3.03. The van der Waals surface area contributed by atoms with Gasteiger partial charge in [0.15, 0.2) is 0 Å². The molecule has 0 radical (unpaired) electrons. The van der Waals surface area contributed by atoms with Crippen molar-refractivity contribution in [1.29, 1.82) is 0 Å². The highest BCUT2D eigenvalue weighted by Crippen LogP contribution is 2.45. The molecule has 166 valence electrons. The molecular weight excluding hydrogens is 396 g/mol. The number of amides is 2. The number of carbonyl (C=O) groups excluding carboxylic acids is 2. The van der Waals surface area contributed by atoms with Gasteiger partial charge < -0.3 is 24.8 Å². The number of esters is 1. The molecule has 0 atom stereocenters. The predicted molar refractivity (Wildman–Crippen MR) is 120 cm³/mol. The van der Waals surface area contributed by atoms with Crippen LogP contribution in [0.1, 0.15) is 56.1 Å². The molecule has 0 saturated carbocycles. The molecule has 7 heteroatoms. The van der Waals surface area contributed by atoms with Crippen LogP contribution in [0, 0.1) is 0 Å². The number of carbonyl (C=O) groups is 2. The van der Waals surface area contributed by atoms with Gasteiger partial charge in [0.2, 0.25) is 0 Å². The van der Waals surface area contributed by atoms with Crippen molar-refractivity contribution in [3.05, 3.63) is 53.1 Å². The minimum atomic E-state index is -0.479. The molecule has 0 unspecified atom stereocenters. The second kappa shape index (κ2) is 8.59. The van der Waals surface area contributed by atoms with Crippen molar-refractivity contribution in [2.75, 3.05) is 31.0 Å². The lowest BCUT2D eigenvalue weighted by atomic mass is 9.75. The van der Waals surface area contributed by atoms with Crippen LogP contribution in [0.3, 0.4) is 0 Å². The lowest BCUT2D eigenvalue weighted by molar-refractivity contribution is -0.0587. The zero-order valence-corrected chi connectivity index (χ0v) is 18.9. The molecule has 0 bridgehead atoms. The number of ether oxygens (including phenoxy) is 3. The van der Waals surface area contributed by atoms with Crippen LogP contribution < -0.4 is 15.4 Å². The van der Waals surface area contributed by atoms with E-state index in [2.05, 4.69) is 24.5 Å². The summed E-state index contributed by atoms with van der Waals surface area (Å²) in [6.45, 7) is 10.9. The van der Waals surface area contributed by atoms with Crippen LogP contribution in [0.25, 0.3) is 0 Å². The Hall–Kier alpha value is -3.06. The number of nitrogens with one attached hydrogen (secondary N) is 2. The summed E-state index contributed by atoms with van der Waals surface area (Å²) in [7, 11) is 1.58. The van der Waals surface area contributed by atoms with Gasteiger partial charge >= 0.3 is 12.0 Å². The predicted octanol–water partition coefficient (Wildman–Crippen LogP) is 5.06. The van der Waals surface area contributed by atoms with Crippen molar-refractivity contribution < 1.29 is 23.8 Å². The third-order valence-corrected chi connectivity index (χ3v) is 5.41. The maximum atomic E-state index is 12.6. The molecule has 2 N–H and O–H groups in total. The maximum Gasteiger partial charge on any atom is 0.338 e. The number of anilines is 2. The number of benzene rings is 2. The van der Waals surface area contributed by atoms with E-state index >= 15 is 0 Å². The lowest BCUT2D eigenvalue weighted by Gasteiger charge is -2.42. The van der Waals surface area contributed by atoms with E-state index in [0.29, 0.717) is 35.9 Å². The maximum absolute atomic E-state index is 12.6. The van der Waals surface area contributed by atoms with Gasteiger partial charge in [-0.15, -0.1) is 0 Å². The number of fused-ring (bicyclic) bond motifs is 1. The highest BCUT2D eigenvalue weighted by molar-refractivity contribution is 6.01. The molecule has 0 saturated heterocycles. The van der Waals surface area contributed by atoms with Crippen molar-refractivity contribution in [2.24, 2.45) is 0 Å². The molecule has 0 spiro atoms.